The Kier molecular flexibility index (Phi) is 3.23. The zero-order chi connectivity index (χ0) is 14.8. The number of rotatable bonds is 2. The molecule has 3 rings (SSSR count). The van der Waals surface area contributed by atoms with Gasteiger partial charge in [0.25, 0.3) is 11.5 Å². The van der Waals surface area contributed by atoms with E-state index in [4.69, 9.17) is 0 Å². The van der Waals surface area contributed by atoms with Crippen molar-refractivity contribution in [2.45, 2.75) is 0 Å². The van der Waals surface area contributed by atoms with Crippen molar-refractivity contribution < 1.29 is 4.79 Å². The molecule has 5 heteroatoms. The topological polar surface area (TPSA) is 74.8 Å². The maximum atomic E-state index is 12.1. The lowest BCUT2D eigenvalue weighted by Crippen LogP contribution is -2.17. The first-order chi connectivity index (χ1) is 10.2. The summed E-state index contributed by atoms with van der Waals surface area (Å²) in [5, 5.41) is 3.11. The van der Waals surface area contributed by atoms with Gasteiger partial charge in [-0.1, -0.05) is 24.3 Å². The third-order valence-electron chi connectivity index (χ3n) is 3.24. The quantitative estimate of drug-likeness (QED) is 0.753. The van der Waals surface area contributed by atoms with E-state index >= 15 is 0 Å². The van der Waals surface area contributed by atoms with Gasteiger partial charge in [0, 0.05) is 18.2 Å². The average Bonchev–Trinajstić information content (AvgIpc) is 2.54. The second-order valence-electron chi connectivity index (χ2n) is 4.59. The van der Waals surface area contributed by atoms with Crippen LogP contribution in [0.5, 0.6) is 0 Å². The van der Waals surface area contributed by atoms with Crippen molar-refractivity contribution in [2.24, 2.45) is 0 Å². The number of fused-ring (bicyclic) bond motifs is 1. The number of carbonyl (C=O) groups is 1. The van der Waals surface area contributed by atoms with E-state index in [0.717, 1.165) is 0 Å². The van der Waals surface area contributed by atoms with E-state index < -0.39 is 0 Å². The third kappa shape index (κ3) is 2.41. The molecular weight excluding hydrogens is 266 g/mol. The van der Waals surface area contributed by atoms with Crippen molar-refractivity contribution in [3.05, 3.63) is 64.4 Å². The number of nitrogens with one attached hydrogen (secondary N) is 2. The Hall–Kier alpha value is -2.95. The van der Waals surface area contributed by atoms with Gasteiger partial charge in [-0.2, -0.15) is 0 Å². The van der Waals surface area contributed by atoms with Crippen molar-refractivity contribution >= 4 is 16.8 Å². The maximum absolute atomic E-state index is 12.1. The summed E-state index contributed by atoms with van der Waals surface area (Å²) in [5.41, 5.74) is 1.65. The lowest BCUT2D eigenvalue weighted by atomic mass is 10.1. The fourth-order valence-electron chi connectivity index (χ4n) is 2.18. The molecular formula is C16H13N3O2. The van der Waals surface area contributed by atoms with Crippen LogP contribution in [-0.4, -0.2) is 22.9 Å². The molecule has 0 aliphatic rings. The molecule has 5 nitrogen and oxygen atoms in total. The normalized spacial score (nSPS) is 10.5. The van der Waals surface area contributed by atoms with Crippen molar-refractivity contribution in [3.63, 3.8) is 0 Å². The lowest BCUT2D eigenvalue weighted by molar-refractivity contribution is 0.0963. The molecule has 104 valence electrons. The highest BCUT2D eigenvalue weighted by molar-refractivity contribution is 5.95. The highest BCUT2D eigenvalue weighted by Crippen LogP contribution is 2.17. The van der Waals surface area contributed by atoms with E-state index in [1.165, 1.54) is 0 Å². The van der Waals surface area contributed by atoms with Crippen LogP contribution in [0.15, 0.2) is 53.3 Å². The van der Waals surface area contributed by atoms with Crippen LogP contribution in [0.1, 0.15) is 10.4 Å². The van der Waals surface area contributed by atoms with Crippen LogP contribution >= 0.6 is 0 Å². The minimum atomic E-state index is -0.194. The highest BCUT2D eigenvalue weighted by atomic mass is 16.1. The van der Waals surface area contributed by atoms with Crippen LogP contribution in [-0.2, 0) is 0 Å². The van der Waals surface area contributed by atoms with Gasteiger partial charge >= 0.3 is 0 Å². The summed E-state index contributed by atoms with van der Waals surface area (Å²) in [6, 6.07) is 14.1. The molecule has 0 aliphatic heterocycles. The van der Waals surface area contributed by atoms with Gasteiger partial charge in [-0.3, -0.25) is 9.59 Å². The molecule has 0 fully saturated rings. The molecule has 21 heavy (non-hydrogen) atoms. The number of nitrogens with zero attached hydrogens (tertiary/aromatic N) is 1. The Balaban J connectivity index is 2.17. The molecule has 1 aromatic heterocycles. The second-order valence-corrected chi connectivity index (χ2v) is 4.59. The number of benzene rings is 2. The summed E-state index contributed by atoms with van der Waals surface area (Å²) in [6.07, 6.45) is 0. The Bertz CT molecular complexity index is 884. The zero-order valence-corrected chi connectivity index (χ0v) is 11.4. The molecule has 0 atom stereocenters. The minimum Gasteiger partial charge on any atom is -0.355 e. The minimum absolute atomic E-state index is 0.181. The maximum Gasteiger partial charge on any atom is 0.259 e. The van der Waals surface area contributed by atoms with E-state index in [0.29, 0.717) is 27.9 Å². The highest BCUT2D eigenvalue weighted by Gasteiger charge is 2.08. The molecule has 3 aromatic rings. The Morgan fingerprint density at radius 1 is 1.14 bits per heavy atom. The molecule has 2 N–H and O–H groups in total. The summed E-state index contributed by atoms with van der Waals surface area (Å²) < 4.78 is 0. The number of hydrogen-bond acceptors (Lipinski definition) is 3. The van der Waals surface area contributed by atoms with Gasteiger partial charge in [-0.05, 0) is 24.3 Å². The van der Waals surface area contributed by atoms with Crippen LogP contribution < -0.4 is 10.9 Å². The van der Waals surface area contributed by atoms with Gasteiger partial charge in [-0.25, -0.2) is 4.98 Å². The summed E-state index contributed by atoms with van der Waals surface area (Å²) in [4.78, 5) is 30.9. The molecule has 0 aliphatic carbocycles. The van der Waals surface area contributed by atoms with Crippen molar-refractivity contribution in [3.8, 4) is 11.4 Å². The number of carbonyl (C=O) groups excluding carboxylic acids is 1. The Morgan fingerprint density at radius 2 is 1.95 bits per heavy atom. The molecule has 0 unspecified atom stereocenters. The zero-order valence-electron chi connectivity index (χ0n) is 11.4. The number of aromatic amines is 1. The van der Waals surface area contributed by atoms with Gasteiger partial charge in [-0.15, -0.1) is 0 Å². The largest absolute Gasteiger partial charge is 0.355 e. The van der Waals surface area contributed by atoms with E-state index in [9.17, 15) is 9.59 Å². The first-order valence-electron chi connectivity index (χ1n) is 6.50. The molecule has 0 saturated heterocycles. The van der Waals surface area contributed by atoms with Gasteiger partial charge < -0.3 is 10.3 Å². The Labute approximate surface area is 120 Å². The summed E-state index contributed by atoms with van der Waals surface area (Å²) in [7, 11) is 1.57. The van der Waals surface area contributed by atoms with Crippen molar-refractivity contribution in [1.29, 1.82) is 0 Å². The van der Waals surface area contributed by atoms with Crippen LogP contribution in [0, 0.1) is 0 Å². The fourth-order valence-corrected chi connectivity index (χ4v) is 2.18. The second kappa shape index (κ2) is 5.20. The summed E-state index contributed by atoms with van der Waals surface area (Å²) >= 11 is 0. The summed E-state index contributed by atoms with van der Waals surface area (Å²) in [6.45, 7) is 0. The van der Waals surface area contributed by atoms with Crippen LogP contribution in [0.2, 0.25) is 0 Å². The smallest absolute Gasteiger partial charge is 0.259 e. The number of hydrogen-bond donors (Lipinski definition) is 2. The van der Waals surface area contributed by atoms with Gasteiger partial charge in [0.1, 0.15) is 5.82 Å². The van der Waals surface area contributed by atoms with Crippen molar-refractivity contribution in [1.82, 2.24) is 15.3 Å². The molecule has 0 spiro atoms. The average molecular weight is 279 g/mol. The van der Waals surface area contributed by atoms with E-state index in [1.807, 2.05) is 6.07 Å². The number of H-pyrrole nitrogens is 1. The molecule has 2 aromatic carbocycles. The predicted molar refractivity (Wildman–Crippen MR) is 81.2 cm³/mol. The first-order valence-corrected chi connectivity index (χ1v) is 6.50. The first kappa shape index (κ1) is 13.1. The van der Waals surface area contributed by atoms with Gasteiger partial charge in [0.2, 0.25) is 0 Å². The molecule has 1 amide bonds. The number of amides is 1. The Morgan fingerprint density at radius 3 is 2.76 bits per heavy atom. The van der Waals surface area contributed by atoms with Crippen LogP contribution in [0.4, 0.5) is 0 Å². The monoisotopic (exact) mass is 279 g/mol. The SMILES string of the molecule is CNC(=O)c1cccc(-c2nc3ccccc3c(=O)[nH]2)c1. The lowest BCUT2D eigenvalue weighted by Gasteiger charge is -2.05. The van der Waals surface area contributed by atoms with Gasteiger partial charge in [0.05, 0.1) is 10.9 Å². The predicted octanol–water partition coefficient (Wildman–Crippen LogP) is 1.95. The van der Waals surface area contributed by atoms with E-state index in [-0.39, 0.29) is 11.5 Å². The molecule has 1 heterocycles. The number of para-hydroxylation sites is 1. The van der Waals surface area contributed by atoms with E-state index in [2.05, 4.69) is 15.3 Å². The summed E-state index contributed by atoms with van der Waals surface area (Å²) in [5.74, 6) is 0.268. The standard InChI is InChI=1S/C16H13N3O2/c1-17-15(20)11-6-4-5-10(9-11)14-18-13-8-3-2-7-12(13)16(21)19-14/h2-9H,1H3,(H,17,20)(H,18,19,21). The van der Waals surface area contributed by atoms with Gasteiger partial charge in [0.15, 0.2) is 0 Å². The molecule has 0 saturated carbocycles. The van der Waals surface area contributed by atoms with E-state index in [1.54, 1.807) is 49.5 Å². The number of aromatic nitrogens is 2. The third-order valence-corrected chi connectivity index (χ3v) is 3.24. The van der Waals surface area contributed by atoms with Crippen LogP contribution in [0.25, 0.3) is 22.3 Å². The molecule has 0 radical (unpaired) electrons. The van der Waals surface area contributed by atoms with Crippen LogP contribution in [0.3, 0.4) is 0 Å². The fraction of sp³-hybridized carbons (Fsp3) is 0.0625. The van der Waals surface area contributed by atoms with Crippen molar-refractivity contribution in [2.75, 3.05) is 7.05 Å². The molecule has 0 bridgehead atoms.